The highest BCUT2D eigenvalue weighted by Gasteiger charge is 2.47. The molecule has 37 heavy (non-hydrogen) atoms. The van der Waals surface area contributed by atoms with Crippen LogP contribution < -0.4 is 10.1 Å². The molecule has 0 radical (unpaired) electrons. The molecular formula is C26H33ClF5N3O2. The zero-order valence-corrected chi connectivity index (χ0v) is 22.1. The summed E-state index contributed by atoms with van der Waals surface area (Å²) in [5, 5.41) is 7.13. The molecule has 0 spiro atoms. The number of amides is 1. The Bertz CT molecular complexity index is 1090. The molecule has 1 aromatic carbocycles. The first-order valence-corrected chi connectivity index (χ1v) is 12.8. The summed E-state index contributed by atoms with van der Waals surface area (Å²) in [4.78, 5) is 12.9. The Morgan fingerprint density at radius 3 is 2.43 bits per heavy atom. The lowest BCUT2D eigenvalue weighted by molar-refractivity contribution is -0.211. The van der Waals surface area contributed by atoms with Gasteiger partial charge in [0.25, 0.3) is 5.91 Å². The van der Waals surface area contributed by atoms with Gasteiger partial charge in [-0.3, -0.25) is 9.48 Å². The third-order valence-corrected chi connectivity index (χ3v) is 7.38. The molecule has 1 aromatic heterocycles. The van der Waals surface area contributed by atoms with Crippen LogP contribution >= 0.6 is 11.6 Å². The number of benzene rings is 1. The molecule has 0 saturated heterocycles. The smallest absolute Gasteiger partial charge is 0.394 e. The van der Waals surface area contributed by atoms with E-state index in [9.17, 15) is 26.7 Å². The molecule has 1 fully saturated rings. The number of aryl methyl sites for hydroxylation is 1. The molecule has 5 nitrogen and oxygen atoms in total. The van der Waals surface area contributed by atoms with Crippen molar-refractivity contribution >= 4 is 17.5 Å². The zero-order valence-electron chi connectivity index (χ0n) is 21.4. The van der Waals surface area contributed by atoms with Gasteiger partial charge >= 0.3 is 12.8 Å². The topological polar surface area (TPSA) is 56.2 Å². The number of carbonyl (C=O) groups excluding carboxylic acids is 1. The molecule has 3 rings (SSSR count). The molecule has 0 atom stereocenters. The van der Waals surface area contributed by atoms with E-state index in [0.29, 0.717) is 18.4 Å². The van der Waals surface area contributed by atoms with Gasteiger partial charge in [-0.05, 0) is 55.7 Å². The van der Waals surface area contributed by atoms with Crippen molar-refractivity contribution in [3.8, 4) is 17.0 Å². The SMILES string of the molecule is CCn1nc(C(=O)NCC2CCC(C)CC2)c(Cl)c1-c1ccc(CC(C)(C)C(F)(F)F)cc1OC(F)F. The summed E-state index contributed by atoms with van der Waals surface area (Å²) >= 11 is 6.56. The Hall–Kier alpha value is -2.36. The molecule has 1 N–H and O–H groups in total. The predicted octanol–water partition coefficient (Wildman–Crippen LogP) is 7.51. The van der Waals surface area contributed by atoms with Gasteiger partial charge < -0.3 is 10.1 Å². The maximum atomic E-state index is 13.4. The van der Waals surface area contributed by atoms with Crippen molar-refractivity contribution in [1.82, 2.24) is 15.1 Å². The summed E-state index contributed by atoms with van der Waals surface area (Å²) in [6.07, 6.45) is -0.661. The highest BCUT2D eigenvalue weighted by molar-refractivity contribution is 6.36. The van der Waals surface area contributed by atoms with E-state index in [1.165, 1.54) is 16.8 Å². The number of nitrogens with zero attached hydrogens (tertiary/aromatic N) is 2. The Morgan fingerprint density at radius 1 is 1.22 bits per heavy atom. The van der Waals surface area contributed by atoms with Crippen LogP contribution in [0.15, 0.2) is 18.2 Å². The molecule has 0 unspecified atom stereocenters. The van der Waals surface area contributed by atoms with E-state index in [1.807, 2.05) is 0 Å². The molecular weight excluding hydrogens is 517 g/mol. The van der Waals surface area contributed by atoms with Gasteiger partial charge in [0.15, 0.2) is 5.69 Å². The highest BCUT2D eigenvalue weighted by atomic mass is 35.5. The zero-order chi connectivity index (χ0) is 27.5. The van der Waals surface area contributed by atoms with Crippen molar-refractivity contribution in [1.29, 1.82) is 0 Å². The van der Waals surface area contributed by atoms with Crippen molar-refractivity contribution in [2.24, 2.45) is 17.3 Å². The number of alkyl halides is 5. The van der Waals surface area contributed by atoms with Crippen molar-refractivity contribution in [3.05, 3.63) is 34.5 Å². The fourth-order valence-corrected chi connectivity index (χ4v) is 4.92. The lowest BCUT2D eigenvalue weighted by atomic mass is 9.83. The number of rotatable bonds is 9. The van der Waals surface area contributed by atoms with Crippen LogP contribution in [0.3, 0.4) is 0 Å². The van der Waals surface area contributed by atoms with Gasteiger partial charge in [-0.1, -0.05) is 51.3 Å². The standard InChI is InChI=1S/C26H33ClF5N3O2/c1-5-35-22(20(27)21(34-35)23(36)33-14-16-8-6-15(2)7-9-16)18-11-10-17(12-19(18)37-24(28)29)13-25(3,4)26(30,31)32/h10-12,15-16,24H,5-9,13-14H2,1-4H3,(H,33,36). The fourth-order valence-electron chi connectivity index (χ4n) is 4.60. The normalized spacial score (nSPS) is 18.8. The second kappa shape index (κ2) is 11.6. The van der Waals surface area contributed by atoms with Crippen LogP contribution in [0.25, 0.3) is 11.3 Å². The third-order valence-electron chi connectivity index (χ3n) is 7.03. The molecule has 11 heteroatoms. The molecule has 0 bridgehead atoms. The Labute approximate surface area is 218 Å². The average Bonchev–Trinajstić information content (AvgIpc) is 3.13. The van der Waals surface area contributed by atoms with Crippen LogP contribution in [-0.2, 0) is 13.0 Å². The summed E-state index contributed by atoms with van der Waals surface area (Å²) in [6.45, 7) is 3.56. The van der Waals surface area contributed by atoms with Gasteiger partial charge in [-0.25, -0.2) is 0 Å². The van der Waals surface area contributed by atoms with Gasteiger partial charge in [0.1, 0.15) is 5.75 Å². The van der Waals surface area contributed by atoms with Crippen LogP contribution in [0, 0.1) is 17.3 Å². The van der Waals surface area contributed by atoms with E-state index in [1.54, 1.807) is 6.92 Å². The quantitative estimate of drug-likeness (QED) is 0.329. The van der Waals surface area contributed by atoms with Crippen molar-refractivity contribution in [3.63, 3.8) is 0 Å². The first kappa shape index (κ1) is 29.2. The Kier molecular flexibility index (Phi) is 9.14. The van der Waals surface area contributed by atoms with Crippen LogP contribution in [-0.4, -0.2) is 35.0 Å². The van der Waals surface area contributed by atoms with E-state index in [2.05, 4.69) is 22.1 Å². The van der Waals surface area contributed by atoms with E-state index in [4.69, 9.17) is 11.6 Å². The molecule has 2 aromatic rings. The second-order valence-corrected chi connectivity index (χ2v) is 10.8. The van der Waals surface area contributed by atoms with Gasteiger partial charge in [0.05, 0.1) is 16.1 Å². The minimum Gasteiger partial charge on any atom is -0.434 e. The van der Waals surface area contributed by atoms with Crippen molar-refractivity contribution in [2.45, 2.75) is 79.1 Å². The number of aromatic nitrogens is 2. The van der Waals surface area contributed by atoms with E-state index in [-0.39, 0.29) is 39.8 Å². The summed E-state index contributed by atoms with van der Waals surface area (Å²) in [5.74, 6) is 0.230. The number of nitrogens with one attached hydrogen (secondary N) is 1. The Balaban J connectivity index is 1.92. The number of carbonyl (C=O) groups is 1. The molecule has 1 aliphatic carbocycles. The minimum atomic E-state index is -4.49. The third kappa shape index (κ3) is 6.94. The molecule has 1 heterocycles. The first-order valence-electron chi connectivity index (χ1n) is 12.4. The fraction of sp³-hybridized carbons (Fsp3) is 0.615. The van der Waals surface area contributed by atoms with Crippen LogP contribution in [0.2, 0.25) is 5.02 Å². The summed E-state index contributed by atoms with van der Waals surface area (Å²) in [5.41, 5.74) is -1.68. The van der Waals surface area contributed by atoms with Crippen LogP contribution in [0.1, 0.15) is 69.4 Å². The minimum absolute atomic E-state index is 0.0425. The summed E-state index contributed by atoms with van der Waals surface area (Å²) < 4.78 is 72.8. The maximum Gasteiger partial charge on any atom is 0.394 e. The second-order valence-electron chi connectivity index (χ2n) is 10.4. The maximum absolute atomic E-state index is 13.4. The van der Waals surface area contributed by atoms with Crippen molar-refractivity contribution in [2.75, 3.05) is 6.54 Å². The van der Waals surface area contributed by atoms with Gasteiger partial charge in [-0.2, -0.15) is 27.1 Å². The molecule has 206 valence electrons. The monoisotopic (exact) mass is 549 g/mol. The van der Waals surface area contributed by atoms with E-state index >= 15 is 0 Å². The molecule has 0 aliphatic heterocycles. The largest absolute Gasteiger partial charge is 0.434 e. The van der Waals surface area contributed by atoms with Crippen molar-refractivity contribution < 1.29 is 31.5 Å². The lowest BCUT2D eigenvalue weighted by Crippen LogP contribution is -2.34. The van der Waals surface area contributed by atoms with Gasteiger partial charge in [-0.15, -0.1) is 0 Å². The average molecular weight is 550 g/mol. The number of hydrogen-bond donors (Lipinski definition) is 1. The highest BCUT2D eigenvalue weighted by Crippen LogP contribution is 2.43. The lowest BCUT2D eigenvalue weighted by Gasteiger charge is -2.28. The summed E-state index contributed by atoms with van der Waals surface area (Å²) in [6, 6.07) is 3.94. The molecule has 1 amide bonds. The number of halogens is 6. The Morgan fingerprint density at radius 2 is 1.86 bits per heavy atom. The summed E-state index contributed by atoms with van der Waals surface area (Å²) in [7, 11) is 0. The first-order chi connectivity index (χ1) is 17.2. The van der Waals surface area contributed by atoms with E-state index in [0.717, 1.165) is 45.6 Å². The molecule has 1 saturated carbocycles. The van der Waals surface area contributed by atoms with Crippen LogP contribution in [0.5, 0.6) is 5.75 Å². The predicted molar refractivity (Wildman–Crippen MR) is 132 cm³/mol. The van der Waals surface area contributed by atoms with Gasteiger partial charge in [0.2, 0.25) is 0 Å². The number of ether oxygens (including phenoxy) is 1. The number of hydrogen-bond acceptors (Lipinski definition) is 3. The van der Waals surface area contributed by atoms with E-state index < -0.39 is 30.5 Å². The van der Waals surface area contributed by atoms with Gasteiger partial charge in [0, 0.05) is 18.7 Å². The molecule has 1 aliphatic rings. The van der Waals surface area contributed by atoms with Crippen LogP contribution in [0.4, 0.5) is 22.0 Å².